The van der Waals surface area contributed by atoms with Crippen molar-refractivity contribution in [1.82, 2.24) is 4.90 Å². The fourth-order valence-electron chi connectivity index (χ4n) is 2.27. The summed E-state index contributed by atoms with van der Waals surface area (Å²) in [7, 11) is 2.10. The number of amides is 1. The molecule has 0 aliphatic carbocycles. The van der Waals surface area contributed by atoms with Crippen LogP contribution in [0.3, 0.4) is 0 Å². The number of carbonyl (C=O) groups excluding carboxylic acids is 1. The zero-order chi connectivity index (χ0) is 10.8. The van der Waals surface area contributed by atoms with Gasteiger partial charge in [-0.2, -0.15) is 0 Å². The number of nitrogens with two attached hydrogens (primary N) is 1. The lowest BCUT2D eigenvalue weighted by atomic mass is 9.93. The molecule has 80 valence electrons. The number of nitrogens with zero attached hydrogens (tertiary/aromatic N) is 1. The average Bonchev–Trinajstić information content (AvgIpc) is 2.65. The van der Waals surface area contributed by atoms with Crippen molar-refractivity contribution in [2.24, 2.45) is 5.73 Å². The highest BCUT2D eigenvalue weighted by Gasteiger charge is 2.24. The van der Waals surface area contributed by atoms with E-state index in [-0.39, 0.29) is 5.91 Å². The molecule has 1 aromatic rings. The minimum absolute atomic E-state index is 0.319. The Labute approximate surface area is 89.9 Å². The molecule has 1 fully saturated rings. The molecule has 1 aliphatic rings. The van der Waals surface area contributed by atoms with Crippen molar-refractivity contribution in [2.45, 2.75) is 12.3 Å². The van der Waals surface area contributed by atoms with Gasteiger partial charge in [-0.05, 0) is 37.6 Å². The van der Waals surface area contributed by atoms with Crippen LogP contribution in [0.15, 0.2) is 24.3 Å². The summed E-state index contributed by atoms with van der Waals surface area (Å²) in [6.45, 7) is 2.11. The lowest BCUT2D eigenvalue weighted by Gasteiger charge is -2.13. The van der Waals surface area contributed by atoms with Crippen LogP contribution in [0.25, 0.3) is 0 Å². The van der Waals surface area contributed by atoms with Gasteiger partial charge >= 0.3 is 0 Å². The lowest BCUT2D eigenvalue weighted by Crippen LogP contribution is -2.17. The number of likely N-dealkylation sites (N-methyl/N-ethyl adjacent to an activating group) is 1. The fourth-order valence-corrected chi connectivity index (χ4v) is 2.27. The summed E-state index contributed by atoms with van der Waals surface area (Å²) in [5.41, 5.74) is 7.15. The molecular formula is C12H16N2O. The second kappa shape index (κ2) is 4.03. The van der Waals surface area contributed by atoms with Gasteiger partial charge in [-0.25, -0.2) is 0 Å². The minimum Gasteiger partial charge on any atom is -0.366 e. The van der Waals surface area contributed by atoms with Gasteiger partial charge in [0.05, 0.1) is 0 Å². The van der Waals surface area contributed by atoms with Gasteiger partial charge in [-0.1, -0.05) is 18.2 Å². The van der Waals surface area contributed by atoms with Crippen LogP contribution in [0.1, 0.15) is 28.3 Å². The van der Waals surface area contributed by atoms with Gasteiger partial charge < -0.3 is 10.6 Å². The van der Waals surface area contributed by atoms with E-state index in [2.05, 4.69) is 11.9 Å². The first-order valence-corrected chi connectivity index (χ1v) is 5.25. The third kappa shape index (κ3) is 2.02. The monoisotopic (exact) mass is 204 g/mol. The van der Waals surface area contributed by atoms with E-state index in [4.69, 9.17) is 5.73 Å². The highest BCUT2D eigenvalue weighted by Crippen LogP contribution is 2.28. The summed E-state index contributed by atoms with van der Waals surface area (Å²) in [4.78, 5) is 13.5. The van der Waals surface area contributed by atoms with Gasteiger partial charge in [0.15, 0.2) is 0 Å². The van der Waals surface area contributed by atoms with Gasteiger partial charge in [-0.3, -0.25) is 4.79 Å². The molecule has 0 aromatic heterocycles. The van der Waals surface area contributed by atoms with Crippen molar-refractivity contribution < 1.29 is 4.79 Å². The van der Waals surface area contributed by atoms with Crippen molar-refractivity contribution >= 4 is 5.91 Å². The number of hydrogen-bond acceptors (Lipinski definition) is 2. The zero-order valence-corrected chi connectivity index (χ0v) is 8.94. The Balaban J connectivity index is 2.31. The van der Waals surface area contributed by atoms with E-state index in [1.54, 1.807) is 0 Å². The molecular weight excluding hydrogens is 188 g/mol. The average molecular weight is 204 g/mol. The largest absolute Gasteiger partial charge is 0.366 e. The molecule has 15 heavy (non-hydrogen) atoms. The lowest BCUT2D eigenvalue weighted by molar-refractivity contribution is 0.0999. The molecule has 0 spiro atoms. The van der Waals surface area contributed by atoms with E-state index in [0.717, 1.165) is 25.1 Å². The summed E-state index contributed by atoms with van der Waals surface area (Å²) < 4.78 is 0. The fraction of sp³-hybridized carbons (Fsp3) is 0.417. The predicted octanol–water partition coefficient (Wildman–Crippen LogP) is 1.20. The SMILES string of the molecule is CN1CCC(c2ccccc2C(N)=O)C1. The first-order valence-electron chi connectivity index (χ1n) is 5.25. The third-order valence-electron chi connectivity index (χ3n) is 3.06. The molecule has 1 unspecified atom stereocenters. The summed E-state index contributed by atoms with van der Waals surface area (Å²) in [6, 6.07) is 7.67. The van der Waals surface area contributed by atoms with Gasteiger partial charge in [0.2, 0.25) is 5.91 Å². The molecule has 1 aromatic carbocycles. The highest BCUT2D eigenvalue weighted by molar-refractivity contribution is 5.94. The number of primary amides is 1. The second-order valence-corrected chi connectivity index (χ2v) is 4.20. The van der Waals surface area contributed by atoms with E-state index >= 15 is 0 Å². The molecule has 3 heteroatoms. The molecule has 3 nitrogen and oxygen atoms in total. The standard InChI is InChI=1S/C12H16N2O/c1-14-7-6-9(8-14)10-4-2-3-5-11(10)12(13)15/h2-5,9H,6-8H2,1H3,(H2,13,15). The maximum absolute atomic E-state index is 11.3. The Morgan fingerprint density at radius 2 is 2.20 bits per heavy atom. The Hall–Kier alpha value is -1.35. The first-order chi connectivity index (χ1) is 7.18. The zero-order valence-electron chi connectivity index (χ0n) is 8.94. The third-order valence-corrected chi connectivity index (χ3v) is 3.06. The molecule has 1 aliphatic heterocycles. The predicted molar refractivity (Wildman–Crippen MR) is 59.8 cm³/mol. The van der Waals surface area contributed by atoms with Crippen LogP contribution in [0.5, 0.6) is 0 Å². The molecule has 0 radical (unpaired) electrons. The summed E-state index contributed by atoms with van der Waals surface area (Å²) in [5, 5.41) is 0. The maximum atomic E-state index is 11.3. The van der Waals surface area contributed by atoms with E-state index < -0.39 is 0 Å². The quantitative estimate of drug-likeness (QED) is 0.787. The van der Waals surface area contributed by atoms with Crippen LogP contribution in [-0.4, -0.2) is 30.9 Å². The topological polar surface area (TPSA) is 46.3 Å². The van der Waals surface area contributed by atoms with Crippen LogP contribution in [-0.2, 0) is 0 Å². The van der Waals surface area contributed by atoms with Crippen LogP contribution in [0, 0.1) is 0 Å². The van der Waals surface area contributed by atoms with E-state index in [1.807, 2.05) is 24.3 Å². The molecule has 1 saturated heterocycles. The normalized spacial score (nSPS) is 21.8. The van der Waals surface area contributed by atoms with E-state index in [0.29, 0.717) is 11.5 Å². The second-order valence-electron chi connectivity index (χ2n) is 4.20. The smallest absolute Gasteiger partial charge is 0.248 e. The number of benzene rings is 1. The van der Waals surface area contributed by atoms with Crippen molar-refractivity contribution in [3.05, 3.63) is 35.4 Å². The number of likely N-dealkylation sites (tertiary alicyclic amines) is 1. The highest BCUT2D eigenvalue weighted by atomic mass is 16.1. The number of hydrogen-bond donors (Lipinski definition) is 1. The first kappa shape index (κ1) is 10.2. The van der Waals surface area contributed by atoms with Crippen LogP contribution >= 0.6 is 0 Å². The molecule has 1 atom stereocenters. The van der Waals surface area contributed by atoms with Crippen LogP contribution in [0.4, 0.5) is 0 Å². The van der Waals surface area contributed by atoms with Crippen LogP contribution in [0.2, 0.25) is 0 Å². The summed E-state index contributed by atoms with van der Waals surface area (Å²) >= 11 is 0. The van der Waals surface area contributed by atoms with Gasteiger partial charge in [0.1, 0.15) is 0 Å². The van der Waals surface area contributed by atoms with E-state index in [1.165, 1.54) is 0 Å². The summed E-state index contributed by atoms with van der Waals surface area (Å²) in [6.07, 6.45) is 1.11. The molecule has 2 rings (SSSR count). The molecule has 1 heterocycles. The van der Waals surface area contributed by atoms with Gasteiger partial charge in [-0.15, -0.1) is 0 Å². The molecule has 1 amide bonds. The van der Waals surface area contributed by atoms with Crippen molar-refractivity contribution in [3.8, 4) is 0 Å². The van der Waals surface area contributed by atoms with Crippen LogP contribution < -0.4 is 5.73 Å². The van der Waals surface area contributed by atoms with Gasteiger partial charge in [0.25, 0.3) is 0 Å². The minimum atomic E-state index is -0.319. The van der Waals surface area contributed by atoms with E-state index in [9.17, 15) is 4.79 Å². The number of rotatable bonds is 2. The maximum Gasteiger partial charge on any atom is 0.248 e. The Morgan fingerprint density at radius 3 is 2.80 bits per heavy atom. The summed E-state index contributed by atoms with van der Waals surface area (Å²) in [5.74, 6) is 0.138. The Bertz CT molecular complexity index is 376. The number of carbonyl (C=O) groups is 1. The molecule has 0 saturated carbocycles. The van der Waals surface area contributed by atoms with Crippen molar-refractivity contribution in [3.63, 3.8) is 0 Å². The Kier molecular flexibility index (Phi) is 2.73. The van der Waals surface area contributed by atoms with Crippen molar-refractivity contribution in [1.29, 1.82) is 0 Å². The Morgan fingerprint density at radius 1 is 1.47 bits per heavy atom. The van der Waals surface area contributed by atoms with Gasteiger partial charge in [0, 0.05) is 12.1 Å². The molecule has 2 N–H and O–H groups in total. The molecule has 0 bridgehead atoms. The van der Waals surface area contributed by atoms with Crippen molar-refractivity contribution in [2.75, 3.05) is 20.1 Å².